The van der Waals surface area contributed by atoms with E-state index in [1.54, 1.807) is 0 Å². The zero-order valence-electron chi connectivity index (χ0n) is 9.14. The van der Waals surface area contributed by atoms with Gasteiger partial charge in [0, 0.05) is 0 Å². The fraction of sp³-hybridized carbons (Fsp3) is 0.833. The van der Waals surface area contributed by atoms with E-state index in [0.717, 1.165) is 11.8 Å². The van der Waals surface area contributed by atoms with Gasteiger partial charge in [-0.25, -0.2) is 0 Å². The minimum Gasteiger partial charge on any atom is -0.0914 e. The molecule has 0 heteroatoms. The Bertz CT molecular complexity index is 113. The molecule has 0 fully saturated rings. The van der Waals surface area contributed by atoms with E-state index in [-0.39, 0.29) is 0 Å². The largest absolute Gasteiger partial charge is 0.0914 e. The Balaban J connectivity index is 3.46. The standard InChI is InChI=1S/C12H24/c1-5-7-9-12(4)10-11(3)8-6-2/h6,8,11-12H,5,7,9-10H2,1-4H3. The Kier molecular flexibility index (Phi) is 7.23. The maximum absolute atomic E-state index is 2.37. The molecular weight excluding hydrogens is 144 g/mol. The summed E-state index contributed by atoms with van der Waals surface area (Å²) >= 11 is 0. The molecule has 0 rings (SSSR count). The van der Waals surface area contributed by atoms with Gasteiger partial charge in [0.15, 0.2) is 0 Å². The van der Waals surface area contributed by atoms with E-state index in [2.05, 4.69) is 39.8 Å². The normalized spacial score (nSPS) is 16.7. The van der Waals surface area contributed by atoms with Gasteiger partial charge in [-0.1, -0.05) is 52.2 Å². The Morgan fingerprint density at radius 2 is 1.92 bits per heavy atom. The number of rotatable bonds is 6. The van der Waals surface area contributed by atoms with Gasteiger partial charge in [-0.2, -0.15) is 0 Å². The van der Waals surface area contributed by atoms with Crippen molar-refractivity contribution >= 4 is 0 Å². The molecule has 0 nitrogen and oxygen atoms in total. The predicted molar refractivity (Wildman–Crippen MR) is 57.3 cm³/mol. The summed E-state index contributed by atoms with van der Waals surface area (Å²) in [6, 6.07) is 0. The third kappa shape index (κ3) is 6.45. The van der Waals surface area contributed by atoms with Gasteiger partial charge in [-0.05, 0) is 25.2 Å². The highest BCUT2D eigenvalue weighted by molar-refractivity contribution is 4.83. The van der Waals surface area contributed by atoms with Crippen molar-refractivity contribution in [3.05, 3.63) is 12.2 Å². The van der Waals surface area contributed by atoms with Crippen molar-refractivity contribution in [1.29, 1.82) is 0 Å². The van der Waals surface area contributed by atoms with E-state index in [9.17, 15) is 0 Å². The van der Waals surface area contributed by atoms with Crippen molar-refractivity contribution in [1.82, 2.24) is 0 Å². The average Bonchev–Trinajstić information content (AvgIpc) is 2.01. The lowest BCUT2D eigenvalue weighted by molar-refractivity contribution is 0.425. The van der Waals surface area contributed by atoms with Crippen molar-refractivity contribution in [2.75, 3.05) is 0 Å². The van der Waals surface area contributed by atoms with Gasteiger partial charge in [0.05, 0.1) is 0 Å². The Labute approximate surface area is 78.1 Å². The third-order valence-electron chi connectivity index (χ3n) is 2.35. The van der Waals surface area contributed by atoms with Crippen LogP contribution in [0.4, 0.5) is 0 Å². The fourth-order valence-corrected chi connectivity index (χ4v) is 1.71. The van der Waals surface area contributed by atoms with Crippen LogP contribution in [-0.2, 0) is 0 Å². The third-order valence-corrected chi connectivity index (χ3v) is 2.35. The van der Waals surface area contributed by atoms with E-state index in [1.165, 1.54) is 25.7 Å². The predicted octanol–water partition coefficient (Wildman–Crippen LogP) is 4.42. The Morgan fingerprint density at radius 1 is 1.25 bits per heavy atom. The van der Waals surface area contributed by atoms with Gasteiger partial charge in [0.25, 0.3) is 0 Å². The highest BCUT2D eigenvalue weighted by Gasteiger charge is 2.04. The molecule has 2 unspecified atom stereocenters. The van der Waals surface area contributed by atoms with Crippen LogP contribution in [0, 0.1) is 11.8 Å². The first-order chi connectivity index (χ1) is 5.70. The quantitative estimate of drug-likeness (QED) is 0.515. The van der Waals surface area contributed by atoms with Crippen LogP contribution in [0.1, 0.15) is 53.4 Å². The van der Waals surface area contributed by atoms with E-state index < -0.39 is 0 Å². The summed E-state index contributed by atoms with van der Waals surface area (Å²) in [6.45, 7) is 9.05. The lowest BCUT2D eigenvalue weighted by Crippen LogP contribution is -2.00. The molecule has 2 atom stereocenters. The molecule has 0 N–H and O–H groups in total. The molecule has 0 heterocycles. The summed E-state index contributed by atoms with van der Waals surface area (Å²) in [5.74, 6) is 1.66. The molecule has 0 aromatic heterocycles. The molecular formula is C12H24. The van der Waals surface area contributed by atoms with Crippen LogP contribution in [0.15, 0.2) is 12.2 Å². The van der Waals surface area contributed by atoms with Crippen LogP contribution >= 0.6 is 0 Å². The first-order valence-corrected chi connectivity index (χ1v) is 5.33. The first-order valence-electron chi connectivity index (χ1n) is 5.33. The summed E-state index contributed by atoms with van der Waals surface area (Å²) in [6.07, 6.45) is 9.95. The molecule has 72 valence electrons. The molecule has 0 radical (unpaired) electrons. The molecule has 12 heavy (non-hydrogen) atoms. The van der Waals surface area contributed by atoms with Gasteiger partial charge in [0.2, 0.25) is 0 Å². The minimum absolute atomic E-state index is 0.766. The summed E-state index contributed by atoms with van der Waals surface area (Å²) < 4.78 is 0. The summed E-state index contributed by atoms with van der Waals surface area (Å²) in [7, 11) is 0. The lowest BCUT2D eigenvalue weighted by atomic mass is 9.93. The maximum atomic E-state index is 2.37. The lowest BCUT2D eigenvalue weighted by Gasteiger charge is -2.13. The SMILES string of the molecule is CC=CC(C)CC(C)CCCC. The molecule has 0 aromatic rings. The van der Waals surface area contributed by atoms with Gasteiger partial charge in [0.1, 0.15) is 0 Å². The van der Waals surface area contributed by atoms with E-state index in [1.807, 2.05) is 0 Å². The van der Waals surface area contributed by atoms with Gasteiger partial charge < -0.3 is 0 Å². The molecule has 0 aliphatic heterocycles. The van der Waals surface area contributed by atoms with Crippen molar-refractivity contribution in [3.8, 4) is 0 Å². The smallest absolute Gasteiger partial charge is 0.0260 e. The average molecular weight is 168 g/mol. The second-order valence-electron chi connectivity index (χ2n) is 3.99. The zero-order valence-corrected chi connectivity index (χ0v) is 9.14. The van der Waals surface area contributed by atoms with Crippen LogP contribution in [-0.4, -0.2) is 0 Å². The van der Waals surface area contributed by atoms with Crippen molar-refractivity contribution in [2.45, 2.75) is 53.4 Å². The Morgan fingerprint density at radius 3 is 2.42 bits per heavy atom. The van der Waals surface area contributed by atoms with E-state index in [0.29, 0.717) is 0 Å². The second kappa shape index (κ2) is 7.39. The summed E-state index contributed by atoms with van der Waals surface area (Å²) in [5, 5.41) is 0. The second-order valence-corrected chi connectivity index (χ2v) is 3.99. The van der Waals surface area contributed by atoms with Gasteiger partial charge >= 0.3 is 0 Å². The number of hydrogen-bond donors (Lipinski definition) is 0. The number of hydrogen-bond acceptors (Lipinski definition) is 0. The molecule has 0 spiro atoms. The fourth-order valence-electron chi connectivity index (χ4n) is 1.71. The van der Waals surface area contributed by atoms with Crippen molar-refractivity contribution in [3.63, 3.8) is 0 Å². The molecule has 0 bridgehead atoms. The van der Waals surface area contributed by atoms with Gasteiger partial charge in [-0.3, -0.25) is 0 Å². The monoisotopic (exact) mass is 168 g/mol. The molecule has 0 saturated heterocycles. The summed E-state index contributed by atoms with van der Waals surface area (Å²) in [5.41, 5.74) is 0. The van der Waals surface area contributed by atoms with Crippen LogP contribution in [0.3, 0.4) is 0 Å². The maximum Gasteiger partial charge on any atom is -0.0260 e. The van der Waals surface area contributed by atoms with Crippen molar-refractivity contribution < 1.29 is 0 Å². The van der Waals surface area contributed by atoms with Crippen molar-refractivity contribution in [2.24, 2.45) is 11.8 Å². The van der Waals surface area contributed by atoms with E-state index in [4.69, 9.17) is 0 Å². The van der Waals surface area contributed by atoms with Crippen LogP contribution < -0.4 is 0 Å². The van der Waals surface area contributed by atoms with Gasteiger partial charge in [-0.15, -0.1) is 0 Å². The van der Waals surface area contributed by atoms with Crippen LogP contribution in [0.5, 0.6) is 0 Å². The molecule has 0 aliphatic rings. The highest BCUT2D eigenvalue weighted by Crippen LogP contribution is 2.18. The highest BCUT2D eigenvalue weighted by atomic mass is 14.1. The van der Waals surface area contributed by atoms with Crippen LogP contribution in [0.25, 0.3) is 0 Å². The summed E-state index contributed by atoms with van der Waals surface area (Å²) in [4.78, 5) is 0. The van der Waals surface area contributed by atoms with Crippen LogP contribution in [0.2, 0.25) is 0 Å². The number of unbranched alkanes of at least 4 members (excludes halogenated alkanes) is 1. The molecule has 0 aromatic carbocycles. The first kappa shape index (κ1) is 11.7. The zero-order chi connectivity index (χ0) is 9.40. The topological polar surface area (TPSA) is 0 Å². The Hall–Kier alpha value is -0.260. The molecule has 0 amide bonds. The minimum atomic E-state index is 0.766. The van der Waals surface area contributed by atoms with E-state index >= 15 is 0 Å². The molecule has 0 saturated carbocycles. The molecule has 0 aliphatic carbocycles. The number of allylic oxidation sites excluding steroid dienone is 2.